The SMILES string of the molecule is Cl/C(C=Nc1cc(Cl)cc(Cl)c1)=C/Nc1cc(Cl)cc(Cl)c1. The van der Waals surface area contributed by atoms with Crippen LogP contribution in [-0.2, 0) is 0 Å². The average molecular weight is 395 g/mol. The van der Waals surface area contributed by atoms with Gasteiger partial charge >= 0.3 is 0 Å². The second-order valence-electron chi connectivity index (χ2n) is 4.22. The van der Waals surface area contributed by atoms with Crippen molar-refractivity contribution in [2.75, 3.05) is 5.32 Å². The van der Waals surface area contributed by atoms with Gasteiger partial charge in [-0.25, -0.2) is 0 Å². The minimum atomic E-state index is 0.382. The topological polar surface area (TPSA) is 24.4 Å². The number of aliphatic imine (C=N–C) groups is 1. The average Bonchev–Trinajstić information content (AvgIpc) is 2.41. The summed E-state index contributed by atoms with van der Waals surface area (Å²) in [7, 11) is 0. The number of benzene rings is 2. The maximum Gasteiger partial charge on any atom is 0.0748 e. The minimum absolute atomic E-state index is 0.382. The molecule has 0 saturated carbocycles. The first kappa shape index (κ1) is 17.5. The van der Waals surface area contributed by atoms with Crippen LogP contribution in [0, 0.1) is 0 Å². The Morgan fingerprint density at radius 2 is 1.32 bits per heavy atom. The Balaban J connectivity index is 2.07. The third-order valence-corrected chi connectivity index (χ3v) is 3.50. The maximum atomic E-state index is 6.06. The Bertz CT molecular complexity index is 700. The molecule has 2 aromatic carbocycles. The fraction of sp³-hybridized carbons (Fsp3) is 0. The van der Waals surface area contributed by atoms with Gasteiger partial charge in [0.2, 0.25) is 0 Å². The van der Waals surface area contributed by atoms with Gasteiger partial charge in [0.1, 0.15) is 0 Å². The van der Waals surface area contributed by atoms with Crippen molar-refractivity contribution in [1.82, 2.24) is 0 Å². The zero-order valence-electron chi connectivity index (χ0n) is 11.0. The standard InChI is InChI=1S/C15H9Cl5N2/c16-9-1-10(17)4-14(3-9)21-7-13(20)8-22-15-5-11(18)2-12(19)6-15/h1-8,21H/b13-7+,22-8?. The molecular formula is C15H9Cl5N2. The second kappa shape index (κ2) is 8.09. The highest BCUT2D eigenvalue weighted by molar-refractivity contribution is 6.39. The molecule has 1 N–H and O–H groups in total. The normalized spacial score (nSPS) is 12.0. The molecule has 0 unspecified atom stereocenters. The summed E-state index contributed by atoms with van der Waals surface area (Å²) in [4.78, 5) is 4.19. The quantitative estimate of drug-likeness (QED) is 0.545. The lowest BCUT2D eigenvalue weighted by molar-refractivity contribution is 1.53. The summed E-state index contributed by atoms with van der Waals surface area (Å²) in [6.07, 6.45) is 3.04. The van der Waals surface area contributed by atoms with Crippen LogP contribution >= 0.6 is 58.0 Å². The number of anilines is 1. The van der Waals surface area contributed by atoms with Crippen molar-refractivity contribution in [3.8, 4) is 0 Å². The first-order valence-corrected chi connectivity index (χ1v) is 7.90. The van der Waals surface area contributed by atoms with Gasteiger partial charge in [0.25, 0.3) is 0 Å². The molecule has 2 aromatic rings. The summed E-state index contributed by atoms with van der Waals surface area (Å²) < 4.78 is 0. The molecule has 2 rings (SSSR count). The van der Waals surface area contributed by atoms with E-state index in [0.717, 1.165) is 5.69 Å². The Kier molecular flexibility index (Phi) is 6.42. The first-order valence-electron chi connectivity index (χ1n) is 6.01. The van der Waals surface area contributed by atoms with Gasteiger partial charge in [-0.3, -0.25) is 4.99 Å². The van der Waals surface area contributed by atoms with Crippen LogP contribution in [0.2, 0.25) is 20.1 Å². The lowest BCUT2D eigenvalue weighted by atomic mass is 10.3. The highest BCUT2D eigenvalue weighted by Crippen LogP contribution is 2.25. The van der Waals surface area contributed by atoms with Crippen LogP contribution in [0.4, 0.5) is 11.4 Å². The summed E-state index contributed by atoms with van der Waals surface area (Å²) in [6, 6.07) is 10.1. The van der Waals surface area contributed by atoms with Crippen molar-refractivity contribution in [3.63, 3.8) is 0 Å². The second-order valence-corrected chi connectivity index (χ2v) is 6.40. The molecule has 0 amide bonds. The molecule has 0 bridgehead atoms. The van der Waals surface area contributed by atoms with Crippen LogP contribution in [-0.4, -0.2) is 6.21 Å². The van der Waals surface area contributed by atoms with Crippen molar-refractivity contribution < 1.29 is 0 Å². The lowest BCUT2D eigenvalue weighted by Gasteiger charge is -2.02. The fourth-order valence-electron chi connectivity index (χ4n) is 1.58. The van der Waals surface area contributed by atoms with Gasteiger partial charge in [0.15, 0.2) is 0 Å². The maximum absolute atomic E-state index is 6.06. The van der Waals surface area contributed by atoms with E-state index in [1.54, 1.807) is 42.6 Å². The van der Waals surface area contributed by atoms with Gasteiger partial charge in [0.05, 0.1) is 10.7 Å². The third kappa shape index (κ3) is 5.71. The van der Waals surface area contributed by atoms with E-state index in [4.69, 9.17) is 58.0 Å². The number of rotatable bonds is 4. The number of hydrogen-bond acceptors (Lipinski definition) is 2. The van der Waals surface area contributed by atoms with Crippen LogP contribution < -0.4 is 5.32 Å². The number of nitrogens with zero attached hydrogens (tertiary/aromatic N) is 1. The number of halogens is 5. The Hall–Kier alpha value is -0.900. The minimum Gasteiger partial charge on any atom is -0.360 e. The van der Waals surface area contributed by atoms with E-state index in [1.807, 2.05) is 0 Å². The zero-order valence-corrected chi connectivity index (χ0v) is 14.7. The molecule has 0 heterocycles. The van der Waals surface area contributed by atoms with E-state index >= 15 is 0 Å². The lowest BCUT2D eigenvalue weighted by Crippen LogP contribution is -1.89. The fourth-order valence-corrected chi connectivity index (χ4v) is 2.72. The van der Waals surface area contributed by atoms with E-state index < -0.39 is 0 Å². The summed E-state index contributed by atoms with van der Waals surface area (Å²) >= 11 is 29.7. The molecule has 22 heavy (non-hydrogen) atoms. The van der Waals surface area contributed by atoms with Crippen LogP contribution in [0.25, 0.3) is 0 Å². The zero-order chi connectivity index (χ0) is 16.1. The molecule has 0 atom stereocenters. The molecular weight excluding hydrogens is 385 g/mol. The number of hydrogen-bond donors (Lipinski definition) is 1. The Morgan fingerprint density at radius 3 is 1.86 bits per heavy atom. The van der Waals surface area contributed by atoms with Gasteiger partial charge in [-0.05, 0) is 36.4 Å². The summed E-state index contributed by atoms with van der Waals surface area (Å²) in [5, 5.41) is 5.43. The number of nitrogens with one attached hydrogen (secondary N) is 1. The summed E-state index contributed by atoms with van der Waals surface area (Å²) in [5.74, 6) is 0. The Labute approximate surface area is 153 Å². The molecule has 0 aliphatic carbocycles. The van der Waals surface area contributed by atoms with Crippen molar-refractivity contribution in [2.45, 2.75) is 0 Å². The molecule has 114 valence electrons. The molecule has 2 nitrogen and oxygen atoms in total. The predicted molar refractivity (Wildman–Crippen MR) is 98.6 cm³/mol. The monoisotopic (exact) mass is 392 g/mol. The van der Waals surface area contributed by atoms with Crippen LogP contribution in [0.1, 0.15) is 0 Å². The van der Waals surface area contributed by atoms with Crippen molar-refractivity contribution >= 4 is 75.6 Å². The van der Waals surface area contributed by atoms with Crippen LogP contribution in [0.3, 0.4) is 0 Å². The highest BCUT2D eigenvalue weighted by Gasteiger charge is 1.98. The van der Waals surface area contributed by atoms with E-state index in [0.29, 0.717) is 30.8 Å². The van der Waals surface area contributed by atoms with E-state index in [2.05, 4.69) is 10.3 Å². The molecule has 0 fully saturated rings. The largest absolute Gasteiger partial charge is 0.360 e. The first-order chi connectivity index (χ1) is 10.4. The van der Waals surface area contributed by atoms with Crippen molar-refractivity contribution in [3.05, 3.63) is 67.7 Å². The van der Waals surface area contributed by atoms with Gasteiger partial charge in [-0.2, -0.15) is 0 Å². The van der Waals surface area contributed by atoms with Crippen LogP contribution in [0.15, 0.2) is 52.6 Å². The summed E-state index contributed by atoms with van der Waals surface area (Å²) in [6.45, 7) is 0. The van der Waals surface area contributed by atoms with Crippen molar-refractivity contribution in [1.29, 1.82) is 0 Å². The van der Waals surface area contributed by atoms with Crippen LogP contribution in [0.5, 0.6) is 0 Å². The molecule has 0 aromatic heterocycles. The Morgan fingerprint density at radius 1 is 0.818 bits per heavy atom. The van der Waals surface area contributed by atoms with E-state index in [1.165, 1.54) is 6.21 Å². The van der Waals surface area contributed by atoms with Gasteiger partial charge < -0.3 is 5.32 Å². The predicted octanol–water partition coefficient (Wildman–Crippen LogP) is 7.19. The molecule has 0 aliphatic rings. The van der Waals surface area contributed by atoms with Gasteiger partial charge in [-0.1, -0.05) is 58.0 Å². The van der Waals surface area contributed by atoms with Gasteiger partial charge in [-0.15, -0.1) is 0 Å². The summed E-state index contributed by atoms with van der Waals surface area (Å²) in [5.41, 5.74) is 1.32. The van der Waals surface area contributed by atoms with Crippen molar-refractivity contribution in [2.24, 2.45) is 4.99 Å². The molecule has 0 spiro atoms. The third-order valence-electron chi connectivity index (χ3n) is 2.42. The van der Waals surface area contributed by atoms with E-state index in [9.17, 15) is 0 Å². The molecule has 0 radical (unpaired) electrons. The number of allylic oxidation sites excluding steroid dienone is 1. The smallest absolute Gasteiger partial charge is 0.0748 e. The molecule has 0 saturated heterocycles. The van der Waals surface area contributed by atoms with E-state index in [-0.39, 0.29) is 0 Å². The highest BCUT2D eigenvalue weighted by atomic mass is 35.5. The molecule has 0 aliphatic heterocycles. The van der Waals surface area contributed by atoms with Gasteiger partial charge in [0, 0.05) is 38.2 Å². The molecule has 7 heteroatoms.